The van der Waals surface area contributed by atoms with Crippen LogP contribution in [0.3, 0.4) is 0 Å². The van der Waals surface area contributed by atoms with Gasteiger partial charge in [0.1, 0.15) is 0 Å². The van der Waals surface area contributed by atoms with E-state index in [-0.39, 0.29) is 19.2 Å². The SMILES string of the molecule is CCOC(=O)NC1CCCN(C(=O)OCC(F)(F)F)C1. The molecule has 1 aliphatic heterocycles. The summed E-state index contributed by atoms with van der Waals surface area (Å²) in [7, 11) is 0. The Kier molecular flexibility index (Phi) is 5.90. The molecule has 1 N–H and O–H groups in total. The van der Waals surface area contributed by atoms with E-state index in [4.69, 9.17) is 4.74 Å². The number of likely N-dealkylation sites (tertiary alicyclic amines) is 1. The summed E-state index contributed by atoms with van der Waals surface area (Å²) < 4.78 is 44.7. The van der Waals surface area contributed by atoms with Crippen molar-refractivity contribution in [2.24, 2.45) is 0 Å². The van der Waals surface area contributed by atoms with E-state index in [9.17, 15) is 22.8 Å². The normalized spacial score (nSPS) is 19.4. The summed E-state index contributed by atoms with van der Waals surface area (Å²) in [5.41, 5.74) is 0. The standard InChI is InChI=1S/C11H17F3N2O4/c1-2-19-9(17)15-8-4-3-5-16(6-8)10(18)20-7-11(12,13)14/h8H,2-7H2,1H3,(H,15,17). The Balaban J connectivity index is 2.40. The maximum Gasteiger partial charge on any atom is 0.422 e. The van der Waals surface area contributed by atoms with Gasteiger partial charge < -0.3 is 19.7 Å². The minimum Gasteiger partial charge on any atom is -0.450 e. The van der Waals surface area contributed by atoms with Crippen LogP contribution >= 0.6 is 0 Å². The molecule has 0 saturated carbocycles. The molecule has 0 aromatic heterocycles. The number of hydrogen-bond acceptors (Lipinski definition) is 4. The lowest BCUT2D eigenvalue weighted by Crippen LogP contribution is -2.50. The highest BCUT2D eigenvalue weighted by Gasteiger charge is 2.32. The lowest BCUT2D eigenvalue weighted by Gasteiger charge is -2.32. The van der Waals surface area contributed by atoms with Gasteiger partial charge in [0, 0.05) is 19.1 Å². The first kappa shape index (κ1) is 16.4. The van der Waals surface area contributed by atoms with Gasteiger partial charge in [-0.3, -0.25) is 0 Å². The van der Waals surface area contributed by atoms with Gasteiger partial charge in [0.05, 0.1) is 6.61 Å². The van der Waals surface area contributed by atoms with Crippen LogP contribution in [-0.2, 0) is 9.47 Å². The van der Waals surface area contributed by atoms with Crippen molar-refractivity contribution in [3.8, 4) is 0 Å². The first-order valence-electron chi connectivity index (χ1n) is 6.23. The van der Waals surface area contributed by atoms with E-state index in [0.717, 1.165) is 4.90 Å². The molecular weight excluding hydrogens is 281 g/mol. The summed E-state index contributed by atoms with van der Waals surface area (Å²) in [5, 5.41) is 2.54. The summed E-state index contributed by atoms with van der Waals surface area (Å²) in [4.78, 5) is 23.8. The molecule has 0 aromatic carbocycles. The number of nitrogens with one attached hydrogen (secondary N) is 1. The first-order valence-corrected chi connectivity index (χ1v) is 6.23. The first-order chi connectivity index (χ1) is 9.31. The van der Waals surface area contributed by atoms with Gasteiger partial charge in [0.15, 0.2) is 6.61 Å². The van der Waals surface area contributed by atoms with Gasteiger partial charge in [-0.25, -0.2) is 9.59 Å². The number of carbonyl (C=O) groups excluding carboxylic acids is 2. The van der Waals surface area contributed by atoms with E-state index < -0.39 is 25.0 Å². The van der Waals surface area contributed by atoms with E-state index >= 15 is 0 Å². The fraction of sp³-hybridized carbons (Fsp3) is 0.818. The zero-order valence-electron chi connectivity index (χ0n) is 11.0. The highest BCUT2D eigenvalue weighted by atomic mass is 19.4. The third-order valence-corrected chi connectivity index (χ3v) is 2.64. The Bertz CT molecular complexity index is 349. The van der Waals surface area contributed by atoms with Crippen LogP contribution in [0.4, 0.5) is 22.8 Å². The highest BCUT2D eigenvalue weighted by Crippen LogP contribution is 2.17. The summed E-state index contributed by atoms with van der Waals surface area (Å²) >= 11 is 0. The van der Waals surface area contributed by atoms with Crippen LogP contribution in [0.15, 0.2) is 0 Å². The van der Waals surface area contributed by atoms with Crippen molar-refractivity contribution in [3.63, 3.8) is 0 Å². The number of alkyl carbamates (subject to hydrolysis) is 1. The molecule has 1 saturated heterocycles. The van der Waals surface area contributed by atoms with Crippen LogP contribution in [0.25, 0.3) is 0 Å². The zero-order chi connectivity index (χ0) is 15.2. The van der Waals surface area contributed by atoms with Crippen LogP contribution in [0.5, 0.6) is 0 Å². The lowest BCUT2D eigenvalue weighted by atomic mass is 10.1. The molecule has 20 heavy (non-hydrogen) atoms. The number of halogens is 3. The predicted molar refractivity (Wildman–Crippen MR) is 62.2 cm³/mol. The predicted octanol–water partition coefficient (Wildman–Crippen LogP) is 1.90. The van der Waals surface area contributed by atoms with Gasteiger partial charge in [0.25, 0.3) is 0 Å². The largest absolute Gasteiger partial charge is 0.450 e. The fourth-order valence-corrected chi connectivity index (χ4v) is 1.84. The van der Waals surface area contributed by atoms with Crippen LogP contribution in [-0.4, -0.2) is 55.6 Å². The van der Waals surface area contributed by atoms with Crippen LogP contribution in [0, 0.1) is 0 Å². The molecule has 6 nitrogen and oxygen atoms in total. The average molecular weight is 298 g/mol. The molecule has 2 amide bonds. The number of rotatable bonds is 3. The van der Waals surface area contributed by atoms with E-state index in [0.29, 0.717) is 19.4 Å². The molecule has 1 heterocycles. The highest BCUT2D eigenvalue weighted by molar-refractivity contribution is 5.69. The second-order valence-corrected chi connectivity index (χ2v) is 4.32. The topological polar surface area (TPSA) is 67.9 Å². The Labute approximate surface area is 114 Å². The van der Waals surface area contributed by atoms with E-state index in [1.807, 2.05) is 0 Å². The maximum absolute atomic E-state index is 11.9. The second kappa shape index (κ2) is 7.20. The van der Waals surface area contributed by atoms with E-state index in [1.54, 1.807) is 6.92 Å². The number of nitrogens with zero attached hydrogens (tertiary/aromatic N) is 1. The molecule has 1 rings (SSSR count). The van der Waals surface area contributed by atoms with Gasteiger partial charge in [-0.1, -0.05) is 0 Å². The Hall–Kier alpha value is -1.67. The van der Waals surface area contributed by atoms with Crippen molar-refractivity contribution in [2.75, 3.05) is 26.3 Å². The minimum absolute atomic E-state index is 0.107. The number of alkyl halides is 3. The van der Waals surface area contributed by atoms with Crippen molar-refractivity contribution in [3.05, 3.63) is 0 Å². The van der Waals surface area contributed by atoms with Gasteiger partial charge in [0.2, 0.25) is 0 Å². The number of piperidine rings is 1. The molecule has 1 atom stereocenters. The maximum atomic E-state index is 11.9. The molecule has 116 valence electrons. The van der Waals surface area contributed by atoms with Gasteiger partial charge in [-0.15, -0.1) is 0 Å². The molecule has 0 aliphatic carbocycles. The van der Waals surface area contributed by atoms with Crippen LogP contribution in [0.1, 0.15) is 19.8 Å². The molecule has 1 fully saturated rings. The third kappa shape index (κ3) is 5.98. The van der Waals surface area contributed by atoms with E-state index in [1.165, 1.54) is 0 Å². The summed E-state index contributed by atoms with van der Waals surface area (Å²) in [6.07, 6.45) is -4.99. The Morgan fingerprint density at radius 3 is 2.65 bits per heavy atom. The van der Waals surface area contributed by atoms with Crippen molar-refractivity contribution in [2.45, 2.75) is 32.0 Å². The minimum atomic E-state index is -4.55. The molecule has 0 spiro atoms. The number of amides is 2. The van der Waals surface area contributed by atoms with Gasteiger partial charge in [-0.2, -0.15) is 13.2 Å². The number of hydrogen-bond donors (Lipinski definition) is 1. The Morgan fingerprint density at radius 1 is 1.35 bits per heavy atom. The van der Waals surface area contributed by atoms with Gasteiger partial charge >= 0.3 is 18.4 Å². The van der Waals surface area contributed by atoms with Crippen molar-refractivity contribution >= 4 is 12.2 Å². The monoisotopic (exact) mass is 298 g/mol. The summed E-state index contributed by atoms with van der Waals surface area (Å²) in [5.74, 6) is 0. The third-order valence-electron chi connectivity index (χ3n) is 2.64. The fourth-order valence-electron chi connectivity index (χ4n) is 1.84. The quantitative estimate of drug-likeness (QED) is 0.864. The molecule has 1 unspecified atom stereocenters. The van der Waals surface area contributed by atoms with Crippen LogP contribution in [0.2, 0.25) is 0 Å². The molecule has 1 aliphatic rings. The molecule has 0 aromatic rings. The van der Waals surface area contributed by atoms with E-state index in [2.05, 4.69) is 10.1 Å². The number of carbonyl (C=O) groups is 2. The van der Waals surface area contributed by atoms with Crippen molar-refractivity contribution < 1.29 is 32.2 Å². The van der Waals surface area contributed by atoms with Crippen molar-refractivity contribution in [1.29, 1.82) is 0 Å². The molecule has 0 bridgehead atoms. The summed E-state index contributed by atoms with van der Waals surface area (Å²) in [6, 6.07) is -0.346. The smallest absolute Gasteiger partial charge is 0.422 e. The molecule has 0 radical (unpaired) electrons. The molecule has 9 heteroatoms. The lowest BCUT2D eigenvalue weighted by molar-refractivity contribution is -0.162. The van der Waals surface area contributed by atoms with Crippen LogP contribution < -0.4 is 5.32 Å². The zero-order valence-corrected chi connectivity index (χ0v) is 11.0. The Morgan fingerprint density at radius 2 is 2.05 bits per heavy atom. The number of ether oxygens (including phenoxy) is 2. The molecular formula is C11H17F3N2O4. The van der Waals surface area contributed by atoms with Gasteiger partial charge in [-0.05, 0) is 19.8 Å². The van der Waals surface area contributed by atoms with Crippen molar-refractivity contribution in [1.82, 2.24) is 10.2 Å². The summed E-state index contributed by atoms with van der Waals surface area (Å²) in [6.45, 7) is 0.669. The second-order valence-electron chi connectivity index (χ2n) is 4.32. The average Bonchev–Trinajstić information content (AvgIpc) is 2.35.